The van der Waals surface area contributed by atoms with Crippen LogP contribution in [-0.2, 0) is 0 Å². The summed E-state index contributed by atoms with van der Waals surface area (Å²) in [5.41, 5.74) is 3.78. The number of nitrogens with zero attached hydrogens (tertiary/aromatic N) is 4. The van der Waals surface area contributed by atoms with Gasteiger partial charge in [-0.15, -0.1) is 0 Å². The number of anilines is 1. The van der Waals surface area contributed by atoms with Crippen molar-refractivity contribution in [2.45, 2.75) is 20.8 Å². The van der Waals surface area contributed by atoms with Crippen molar-refractivity contribution in [3.63, 3.8) is 0 Å². The zero-order chi connectivity index (χ0) is 18.1. The van der Waals surface area contributed by atoms with Gasteiger partial charge in [0, 0.05) is 10.7 Å². The Bertz CT molecular complexity index is 950. The highest BCUT2D eigenvalue weighted by molar-refractivity contribution is 6.37. The smallest absolute Gasteiger partial charge is 0.257 e. The van der Waals surface area contributed by atoms with E-state index in [9.17, 15) is 4.79 Å². The lowest BCUT2D eigenvalue weighted by atomic mass is 10.2. The third-order valence-electron chi connectivity index (χ3n) is 3.91. The second-order valence-electron chi connectivity index (χ2n) is 5.56. The molecule has 1 amide bonds. The summed E-state index contributed by atoms with van der Waals surface area (Å²) in [5.74, 6) is 0.0798. The van der Waals surface area contributed by atoms with Gasteiger partial charge in [-0.2, -0.15) is 5.10 Å². The van der Waals surface area contributed by atoms with Crippen LogP contribution in [0.1, 0.15) is 27.3 Å². The van der Waals surface area contributed by atoms with Crippen LogP contribution >= 0.6 is 23.2 Å². The molecule has 8 heteroatoms. The lowest BCUT2D eigenvalue weighted by molar-refractivity contribution is 0.102. The highest BCUT2D eigenvalue weighted by Crippen LogP contribution is 2.22. The predicted octanol–water partition coefficient (Wildman–Crippen LogP) is 4.15. The highest BCUT2D eigenvalue weighted by Gasteiger charge is 2.13. The van der Waals surface area contributed by atoms with Crippen molar-refractivity contribution in [1.82, 2.24) is 19.7 Å². The molecular formula is C17H15Cl2N5O. The molecule has 0 aliphatic carbocycles. The summed E-state index contributed by atoms with van der Waals surface area (Å²) in [6, 6.07) is 4.68. The molecule has 1 aromatic carbocycles. The number of benzene rings is 1. The molecule has 0 atom stereocenters. The van der Waals surface area contributed by atoms with Crippen molar-refractivity contribution in [1.29, 1.82) is 0 Å². The van der Waals surface area contributed by atoms with E-state index in [1.165, 1.54) is 18.5 Å². The normalized spacial score (nSPS) is 10.8. The number of carbonyl (C=O) groups is 1. The molecule has 0 bridgehead atoms. The standard InChI is InChI=1S/C17H15Cl2N5O/c1-9-10(2)23-24(11(9)3)17-20-7-13(8-21-17)22-16(25)14-5-4-12(18)6-15(14)19/h4-8H,1-3H3,(H,22,25). The number of nitrogens with one attached hydrogen (secondary N) is 1. The average molecular weight is 376 g/mol. The second kappa shape index (κ2) is 6.82. The van der Waals surface area contributed by atoms with Gasteiger partial charge < -0.3 is 5.32 Å². The number of halogens is 2. The van der Waals surface area contributed by atoms with Gasteiger partial charge in [-0.05, 0) is 44.5 Å². The molecule has 0 aliphatic heterocycles. The van der Waals surface area contributed by atoms with Crippen LogP contribution in [0.2, 0.25) is 10.0 Å². The molecule has 0 unspecified atom stereocenters. The predicted molar refractivity (Wildman–Crippen MR) is 97.8 cm³/mol. The Hall–Kier alpha value is -2.44. The lowest BCUT2D eigenvalue weighted by Crippen LogP contribution is -2.13. The van der Waals surface area contributed by atoms with Gasteiger partial charge >= 0.3 is 0 Å². The monoisotopic (exact) mass is 375 g/mol. The zero-order valence-corrected chi connectivity index (χ0v) is 15.4. The van der Waals surface area contributed by atoms with Crippen molar-refractivity contribution >= 4 is 34.8 Å². The van der Waals surface area contributed by atoms with E-state index in [1.807, 2.05) is 20.8 Å². The molecule has 2 heterocycles. The van der Waals surface area contributed by atoms with Crippen LogP contribution in [0.15, 0.2) is 30.6 Å². The second-order valence-corrected chi connectivity index (χ2v) is 6.40. The molecule has 128 valence electrons. The average Bonchev–Trinajstić information content (AvgIpc) is 2.83. The Morgan fingerprint density at radius 1 is 1.12 bits per heavy atom. The van der Waals surface area contributed by atoms with Gasteiger partial charge in [0.25, 0.3) is 11.9 Å². The van der Waals surface area contributed by atoms with Gasteiger partial charge in [-0.3, -0.25) is 4.79 Å². The van der Waals surface area contributed by atoms with E-state index in [4.69, 9.17) is 23.2 Å². The van der Waals surface area contributed by atoms with E-state index in [0.717, 1.165) is 17.0 Å². The molecule has 0 saturated carbocycles. The number of amides is 1. The summed E-state index contributed by atoms with van der Waals surface area (Å²) >= 11 is 11.9. The molecule has 1 N–H and O–H groups in total. The minimum Gasteiger partial charge on any atom is -0.319 e. The maximum absolute atomic E-state index is 12.3. The van der Waals surface area contributed by atoms with Gasteiger partial charge in [-0.1, -0.05) is 23.2 Å². The molecule has 3 aromatic rings. The molecule has 0 fully saturated rings. The minimum absolute atomic E-state index is 0.278. The first-order valence-corrected chi connectivity index (χ1v) is 8.24. The minimum atomic E-state index is -0.361. The lowest BCUT2D eigenvalue weighted by Gasteiger charge is -2.08. The van der Waals surface area contributed by atoms with Gasteiger partial charge in [0.15, 0.2) is 0 Å². The Morgan fingerprint density at radius 2 is 1.80 bits per heavy atom. The molecule has 3 rings (SSSR count). The van der Waals surface area contributed by atoms with Crippen LogP contribution < -0.4 is 5.32 Å². The van der Waals surface area contributed by atoms with Crippen molar-refractivity contribution in [2.75, 3.05) is 5.32 Å². The molecular weight excluding hydrogens is 361 g/mol. The fourth-order valence-corrected chi connectivity index (χ4v) is 2.78. The summed E-state index contributed by atoms with van der Waals surface area (Å²) in [6.45, 7) is 5.89. The number of hydrogen-bond donors (Lipinski definition) is 1. The first-order valence-electron chi connectivity index (χ1n) is 7.48. The van der Waals surface area contributed by atoms with Crippen LogP contribution in [0.5, 0.6) is 0 Å². The van der Waals surface area contributed by atoms with E-state index in [2.05, 4.69) is 20.4 Å². The van der Waals surface area contributed by atoms with Gasteiger partial charge in [0.2, 0.25) is 0 Å². The van der Waals surface area contributed by atoms with Crippen LogP contribution in [0.4, 0.5) is 5.69 Å². The quantitative estimate of drug-likeness (QED) is 0.746. The number of hydrogen-bond acceptors (Lipinski definition) is 4. The summed E-state index contributed by atoms with van der Waals surface area (Å²) < 4.78 is 1.67. The van der Waals surface area contributed by atoms with Crippen molar-refractivity contribution in [2.24, 2.45) is 0 Å². The molecule has 25 heavy (non-hydrogen) atoms. The third kappa shape index (κ3) is 3.50. The van der Waals surface area contributed by atoms with E-state index in [-0.39, 0.29) is 10.9 Å². The molecule has 0 spiro atoms. The molecule has 2 aromatic heterocycles. The fraction of sp³-hybridized carbons (Fsp3) is 0.176. The molecule has 0 radical (unpaired) electrons. The van der Waals surface area contributed by atoms with E-state index < -0.39 is 0 Å². The van der Waals surface area contributed by atoms with Crippen LogP contribution in [0.3, 0.4) is 0 Å². The first kappa shape index (κ1) is 17.4. The first-order chi connectivity index (χ1) is 11.9. The Morgan fingerprint density at radius 3 is 2.36 bits per heavy atom. The Kier molecular flexibility index (Phi) is 4.74. The fourth-order valence-electron chi connectivity index (χ4n) is 2.28. The number of rotatable bonds is 3. The largest absolute Gasteiger partial charge is 0.319 e. The maximum Gasteiger partial charge on any atom is 0.257 e. The topological polar surface area (TPSA) is 72.7 Å². The van der Waals surface area contributed by atoms with Gasteiger partial charge in [0.05, 0.1) is 34.4 Å². The number of carbonyl (C=O) groups excluding carboxylic acids is 1. The Labute approximate surface area is 154 Å². The van der Waals surface area contributed by atoms with Gasteiger partial charge in [-0.25, -0.2) is 14.6 Å². The van der Waals surface area contributed by atoms with Crippen molar-refractivity contribution < 1.29 is 4.79 Å². The van der Waals surface area contributed by atoms with Crippen LogP contribution in [0, 0.1) is 20.8 Å². The van der Waals surface area contributed by atoms with E-state index in [1.54, 1.807) is 16.8 Å². The summed E-state index contributed by atoms with van der Waals surface area (Å²) in [4.78, 5) is 20.8. The SMILES string of the molecule is Cc1nn(-c2ncc(NC(=O)c3ccc(Cl)cc3Cl)cn2)c(C)c1C. The van der Waals surface area contributed by atoms with E-state index in [0.29, 0.717) is 22.2 Å². The zero-order valence-electron chi connectivity index (χ0n) is 13.8. The molecule has 6 nitrogen and oxygen atoms in total. The highest BCUT2D eigenvalue weighted by atomic mass is 35.5. The summed E-state index contributed by atoms with van der Waals surface area (Å²) in [6.07, 6.45) is 3.05. The molecule has 0 aliphatic rings. The third-order valence-corrected chi connectivity index (χ3v) is 4.46. The van der Waals surface area contributed by atoms with Gasteiger partial charge in [0.1, 0.15) is 0 Å². The van der Waals surface area contributed by atoms with Crippen molar-refractivity contribution in [3.05, 3.63) is 63.2 Å². The summed E-state index contributed by atoms with van der Waals surface area (Å²) in [7, 11) is 0. The van der Waals surface area contributed by atoms with Crippen LogP contribution in [0.25, 0.3) is 5.95 Å². The molecule has 0 saturated heterocycles. The maximum atomic E-state index is 12.3. The Balaban J connectivity index is 1.81. The van der Waals surface area contributed by atoms with E-state index >= 15 is 0 Å². The summed E-state index contributed by atoms with van der Waals surface area (Å²) in [5, 5.41) is 7.87. The number of aromatic nitrogens is 4. The number of aryl methyl sites for hydroxylation is 1. The van der Waals surface area contributed by atoms with Crippen molar-refractivity contribution in [3.8, 4) is 5.95 Å². The van der Waals surface area contributed by atoms with Crippen LogP contribution in [-0.4, -0.2) is 25.7 Å².